The number of nitrogens with zero attached hydrogens (tertiary/aromatic N) is 2. The van der Waals surface area contributed by atoms with Crippen molar-refractivity contribution in [1.82, 2.24) is 9.78 Å². The third kappa shape index (κ3) is 3.51. The molecule has 0 fully saturated rings. The lowest BCUT2D eigenvalue weighted by Crippen LogP contribution is -2.16. The average molecular weight is 322 g/mol. The molecule has 0 bridgehead atoms. The Balaban J connectivity index is 2.37. The smallest absolute Gasteiger partial charge is 0.476 e. The summed E-state index contributed by atoms with van der Waals surface area (Å²) in [5.41, 5.74) is -0.785. The molecule has 2 rings (SSSR count). The molecule has 0 atom stereocenters. The molecule has 0 unspecified atom stereocenters. The first-order valence-corrected chi connectivity index (χ1v) is 5.64. The summed E-state index contributed by atoms with van der Waals surface area (Å²) in [5.74, 6) is -2.03. The van der Waals surface area contributed by atoms with Gasteiger partial charge in [0.15, 0.2) is 5.69 Å². The highest BCUT2D eigenvalue weighted by molar-refractivity contribution is 5.87. The van der Waals surface area contributed by atoms with Gasteiger partial charge in [-0.25, -0.2) is 9.48 Å². The van der Waals surface area contributed by atoms with Crippen LogP contribution in [0.3, 0.4) is 0 Å². The van der Waals surface area contributed by atoms with Crippen LogP contribution in [0.25, 0.3) is 11.3 Å². The van der Waals surface area contributed by atoms with E-state index in [2.05, 4.69) is 9.84 Å². The van der Waals surface area contributed by atoms with Crippen molar-refractivity contribution in [3.8, 4) is 17.0 Å². The van der Waals surface area contributed by atoms with Crippen molar-refractivity contribution < 1.29 is 36.6 Å². The zero-order valence-corrected chi connectivity index (χ0v) is 10.5. The van der Waals surface area contributed by atoms with Crippen molar-refractivity contribution in [2.45, 2.75) is 12.9 Å². The van der Waals surface area contributed by atoms with Gasteiger partial charge in [-0.2, -0.15) is 13.9 Å². The monoisotopic (exact) mass is 322 g/mol. The summed E-state index contributed by atoms with van der Waals surface area (Å²) < 4.78 is 65.5. The number of carboxylic acid groups (broad SMARTS) is 1. The van der Waals surface area contributed by atoms with Crippen LogP contribution in [-0.2, 0) is 0 Å². The number of hydrogen-bond donors (Lipinski definition) is 1. The fourth-order valence-corrected chi connectivity index (χ4v) is 1.69. The van der Waals surface area contributed by atoms with Crippen LogP contribution in [-0.4, -0.2) is 27.2 Å². The lowest BCUT2D eigenvalue weighted by atomic mass is 10.1. The second kappa shape index (κ2) is 5.62. The summed E-state index contributed by atoms with van der Waals surface area (Å²) in [7, 11) is 0. The van der Waals surface area contributed by atoms with Crippen LogP contribution in [0.15, 0.2) is 30.3 Å². The van der Waals surface area contributed by atoms with Crippen LogP contribution in [0, 0.1) is 0 Å². The number of carboxylic acids is 1. The predicted octanol–water partition coefficient (Wildman–Crippen LogP) is 3.54. The summed E-state index contributed by atoms with van der Waals surface area (Å²) in [4.78, 5) is 10.8. The van der Waals surface area contributed by atoms with E-state index in [1.54, 1.807) is 0 Å². The van der Waals surface area contributed by atoms with E-state index < -0.39 is 30.3 Å². The maximum Gasteiger partial charge on any atom is 0.573 e. The minimum atomic E-state index is -4.87. The molecule has 2 aromatic rings. The van der Waals surface area contributed by atoms with Crippen LogP contribution in [0.4, 0.5) is 22.0 Å². The Morgan fingerprint density at radius 3 is 2.27 bits per heavy atom. The molecule has 0 saturated carbocycles. The zero-order chi connectivity index (χ0) is 16.5. The quantitative estimate of drug-likeness (QED) is 0.875. The first kappa shape index (κ1) is 15.7. The summed E-state index contributed by atoms with van der Waals surface area (Å²) >= 11 is 0. The fraction of sp³-hybridized carbons (Fsp3) is 0.167. The second-order valence-corrected chi connectivity index (χ2v) is 4.01. The maximum atomic E-state index is 12.8. The van der Waals surface area contributed by atoms with E-state index in [1.165, 1.54) is 0 Å². The van der Waals surface area contributed by atoms with Crippen LogP contribution in [0.2, 0.25) is 0 Å². The summed E-state index contributed by atoms with van der Waals surface area (Å²) in [6.45, 7) is -3.10. The number of rotatable bonds is 4. The molecule has 5 nitrogen and oxygen atoms in total. The number of aromatic nitrogens is 2. The topological polar surface area (TPSA) is 64.3 Å². The Hall–Kier alpha value is -2.65. The first-order valence-electron chi connectivity index (χ1n) is 5.64. The van der Waals surface area contributed by atoms with E-state index in [1.807, 2.05) is 0 Å². The number of aromatic carboxylic acids is 1. The van der Waals surface area contributed by atoms with Crippen molar-refractivity contribution in [3.05, 3.63) is 36.0 Å². The largest absolute Gasteiger partial charge is 0.573 e. The average Bonchev–Trinajstić information content (AvgIpc) is 2.83. The molecule has 0 aliphatic heterocycles. The van der Waals surface area contributed by atoms with Gasteiger partial charge in [0, 0.05) is 5.56 Å². The molecule has 22 heavy (non-hydrogen) atoms. The molecule has 0 amide bonds. The number of halogens is 5. The van der Waals surface area contributed by atoms with Gasteiger partial charge in [0.05, 0.1) is 5.69 Å². The number of carbonyl (C=O) groups is 1. The van der Waals surface area contributed by atoms with Gasteiger partial charge in [0.1, 0.15) is 5.75 Å². The van der Waals surface area contributed by atoms with Crippen molar-refractivity contribution >= 4 is 5.97 Å². The molecule has 1 N–H and O–H groups in total. The van der Waals surface area contributed by atoms with Crippen molar-refractivity contribution in [2.24, 2.45) is 0 Å². The Labute approximate surface area is 119 Å². The van der Waals surface area contributed by atoms with Gasteiger partial charge in [0.2, 0.25) is 0 Å². The predicted molar refractivity (Wildman–Crippen MR) is 62.6 cm³/mol. The summed E-state index contributed by atoms with van der Waals surface area (Å²) in [6.07, 6.45) is -4.87. The molecule has 1 heterocycles. The van der Waals surface area contributed by atoms with Gasteiger partial charge in [-0.3, -0.25) is 0 Å². The third-order valence-electron chi connectivity index (χ3n) is 2.52. The van der Waals surface area contributed by atoms with Crippen molar-refractivity contribution in [2.75, 3.05) is 0 Å². The van der Waals surface area contributed by atoms with E-state index in [9.17, 15) is 26.7 Å². The normalized spacial score (nSPS) is 11.7. The molecule has 0 saturated heterocycles. The minimum Gasteiger partial charge on any atom is -0.476 e. The van der Waals surface area contributed by atoms with Crippen LogP contribution >= 0.6 is 0 Å². The lowest BCUT2D eigenvalue weighted by molar-refractivity contribution is -0.274. The van der Waals surface area contributed by atoms with Gasteiger partial charge < -0.3 is 9.84 Å². The fourth-order valence-electron chi connectivity index (χ4n) is 1.69. The SMILES string of the molecule is O=C(O)c1cc(-c2ccc(OC(F)(F)F)cc2)n(C(F)F)n1. The molecule has 0 radical (unpaired) electrons. The maximum absolute atomic E-state index is 12.8. The number of hydrogen-bond acceptors (Lipinski definition) is 3. The Morgan fingerprint density at radius 1 is 1.23 bits per heavy atom. The first-order chi connectivity index (χ1) is 10.2. The zero-order valence-electron chi connectivity index (χ0n) is 10.5. The standard InChI is InChI=1S/C12H7F5N2O3/c13-11(14)19-9(5-8(18-19)10(20)21)6-1-3-7(4-2-6)22-12(15,16)17/h1-5,11H,(H,20,21). The van der Waals surface area contributed by atoms with Crippen molar-refractivity contribution in [1.29, 1.82) is 0 Å². The summed E-state index contributed by atoms with van der Waals surface area (Å²) in [6, 6.07) is 4.91. The second-order valence-electron chi connectivity index (χ2n) is 4.01. The number of ether oxygens (including phenoxy) is 1. The van der Waals surface area contributed by atoms with E-state index in [4.69, 9.17) is 5.11 Å². The highest BCUT2D eigenvalue weighted by atomic mass is 19.4. The third-order valence-corrected chi connectivity index (χ3v) is 2.52. The molecule has 10 heteroatoms. The van der Waals surface area contributed by atoms with Gasteiger partial charge in [0.25, 0.3) is 0 Å². The molecule has 0 spiro atoms. The minimum absolute atomic E-state index is 0.0647. The Bertz CT molecular complexity index is 679. The van der Waals surface area contributed by atoms with E-state index in [-0.39, 0.29) is 15.9 Å². The van der Waals surface area contributed by atoms with Crippen LogP contribution in [0.5, 0.6) is 5.75 Å². The van der Waals surface area contributed by atoms with E-state index in [0.29, 0.717) is 0 Å². The van der Waals surface area contributed by atoms with Gasteiger partial charge in [-0.15, -0.1) is 13.2 Å². The molecular formula is C12H7F5N2O3. The molecular weight excluding hydrogens is 315 g/mol. The van der Waals surface area contributed by atoms with Crippen molar-refractivity contribution in [3.63, 3.8) is 0 Å². The van der Waals surface area contributed by atoms with E-state index in [0.717, 1.165) is 30.3 Å². The Morgan fingerprint density at radius 2 is 1.82 bits per heavy atom. The Kier molecular flexibility index (Phi) is 4.02. The van der Waals surface area contributed by atoms with Crippen LogP contribution < -0.4 is 4.74 Å². The molecule has 118 valence electrons. The van der Waals surface area contributed by atoms with Gasteiger partial charge in [-0.05, 0) is 30.3 Å². The van der Waals surface area contributed by atoms with Gasteiger partial charge in [-0.1, -0.05) is 0 Å². The highest BCUT2D eigenvalue weighted by Crippen LogP contribution is 2.29. The summed E-state index contributed by atoms with van der Waals surface area (Å²) in [5, 5.41) is 12.0. The molecule has 0 aliphatic carbocycles. The molecule has 1 aromatic heterocycles. The molecule has 1 aromatic carbocycles. The number of benzene rings is 1. The highest BCUT2D eigenvalue weighted by Gasteiger charge is 2.31. The van der Waals surface area contributed by atoms with E-state index >= 15 is 0 Å². The van der Waals surface area contributed by atoms with Crippen LogP contribution in [0.1, 0.15) is 17.0 Å². The lowest BCUT2D eigenvalue weighted by Gasteiger charge is -2.10. The molecule has 0 aliphatic rings. The number of alkyl halides is 5. The van der Waals surface area contributed by atoms with Gasteiger partial charge >= 0.3 is 18.9 Å².